The molecule has 1 aliphatic rings. The molecular formula is C35H34Cl2SiZr. The summed E-state index contributed by atoms with van der Waals surface area (Å²) in [5.41, 5.74) is 9.96. The van der Waals surface area contributed by atoms with Gasteiger partial charge in [-0.2, -0.15) is 35.5 Å². The molecule has 0 spiro atoms. The first kappa shape index (κ1) is 30.1. The Morgan fingerprint density at radius 3 is 2.18 bits per heavy atom. The van der Waals surface area contributed by atoms with Gasteiger partial charge in [0.2, 0.25) is 0 Å². The van der Waals surface area contributed by atoms with Crippen LogP contribution >= 0.6 is 17.0 Å². The Morgan fingerprint density at radius 2 is 1.49 bits per heavy atom. The number of aryl methyl sites for hydroxylation is 1. The monoisotopic (exact) mass is 642 g/mol. The van der Waals surface area contributed by atoms with Gasteiger partial charge in [-0.15, -0.1) is 40.1 Å². The van der Waals surface area contributed by atoms with Crippen molar-refractivity contribution in [2.45, 2.75) is 52.9 Å². The molecule has 0 fully saturated rings. The maximum Gasteiger partial charge on any atom is 0.0920 e. The molecule has 1 aliphatic heterocycles. The number of fused-ring (bicyclic) bond motifs is 4. The Kier molecular flexibility index (Phi) is 11.0. The number of benzene rings is 4. The van der Waals surface area contributed by atoms with Crippen LogP contribution in [0.1, 0.15) is 63.1 Å². The topological polar surface area (TPSA) is 0 Å². The van der Waals surface area contributed by atoms with Crippen LogP contribution in [0.25, 0.3) is 33.0 Å². The summed E-state index contributed by atoms with van der Waals surface area (Å²) in [6, 6.07) is 36.5. The zero-order valence-electron chi connectivity index (χ0n) is 23.3. The maximum absolute atomic E-state index is 4.93. The molecule has 0 atom stereocenters. The fourth-order valence-electron chi connectivity index (χ4n) is 5.25. The van der Waals surface area contributed by atoms with E-state index in [2.05, 4.69) is 126 Å². The zero-order chi connectivity index (χ0) is 27.9. The summed E-state index contributed by atoms with van der Waals surface area (Å²) in [5.74, 6) is 1.10. The molecule has 5 aromatic rings. The van der Waals surface area contributed by atoms with Crippen molar-refractivity contribution in [1.82, 2.24) is 0 Å². The first-order valence-electron chi connectivity index (χ1n) is 13.5. The molecule has 2 radical (unpaired) electrons. The van der Waals surface area contributed by atoms with E-state index in [4.69, 9.17) is 17.0 Å². The SMILES string of the molecule is CCc1ccc2[cH-]c(C(C)C)cc2c1-c1ccccc1C(C)C.[Cl][Zr+2][Cl].[c-]1cccc2c1[Si]c1ccccc1-2. The van der Waals surface area contributed by atoms with Crippen LogP contribution in [0.5, 0.6) is 0 Å². The van der Waals surface area contributed by atoms with Gasteiger partial charge in [0.15, 0.2) is 0 Å². The molecule has 0 aliphatic carbocycles. The second-order valence-corrected chi connectivity index (χ2v) is 15.4. The predicted octanol–water partition coefficient (Wildman–Crippen LogP) is 9.53. The van der Waals surface area contributed by atoms with E-state index in [0.29, 0.717) is 11.8 Å². The van der Waals surface area contributed by atoms with Gasteiger partial charge in [-0.3, -0.25) is 0 Å². The summed E-state index contributed by atoms with van der Waals surface area (Å²) >= 11 is -0.826. The fraction of sp³-hybridized carbons (Fsp3) is 0.229. The molecule has 0 amide bonds. The second kappa shape index (κ2) is 14.2. The van der Waals surface area contributed by atoms with Crippen molar-refractivity contribution in [3.63, 3.8) is 0 Å². The van der Waals surface area contributed by atoms with Crippen LogP contribution < -0.4 is 10.4 Å². The Morgan fingerprint density at radius 1 is 0.821 bits per heavy atom. The molecule has 1 heterocycles. The molecule has 4 heteroatoms. The molecule has 6 rings (SSSR count). The number of rotatable bonds is 4. The van der Waals surface area contributed by atoms with Crippen molar-refractivity contribution in [3.05, 3.63) is 114 Å². The van der Waals surface area contributed by atoms with E-state index in [1.165, 1.54) is 60.1 Å². The molecular weight excluding hydrogens is 611 g/mol. The molecule has 0 bridgehead atoms. The van der Waals surface area contributed by atoms with Gasteiger partial charge in [-0.1, -0.05) is 105 Å². The Balaban J connectivity index is 0.000000184. The van der Waals surface area contributed by atoms with E-state index in [1.54, 1.807) is 0 Å². The van der Waals surface area contributed by atoms with E-state index in [-0.39, 0.29) is 0 Å². The number of hydrogen-bond donors (Lipinski definition) is 0. The Bertz CT molecular complexity index is 1490. The van der Waals surface area contributed by atoms with Gasteiger partial charge in [0, 0.05) is 0 Å². The normalized spacial score (nSPS) is 11.3. The second-order valence-electron chi connectivity index (χ2n) is 10.3. The third kappa shape index (κ3) is 6.91. The minimum Gasteiger partial charge on any atom is -0.184 e. The molecule has 0 N–H and O–H groups in total. The van der Waals surface area contributed by atoms with Gasteiger partial charge in [0.05, 0.1) is 9.52 Å². The predicted molar refractivity (Wildman–Crippen MR) is 170 cm³/mol. The van der Waals surface area contributed by atoms with Crippen LogP contribution in [0.2, 0.25) is 0 Å². The first-order valence-corrected chi connectivity index (χ1v) is 20.9. The Hall–Kier alpha value is -1.83. The molecule has 0 nitrogen and oxygen atoms in total. The van der Waals surface area contributed by atoms with E-state index >= 15 is 0 Å². The van der Waals surface area contributed by atoms with Gasteiger partial charge in [0.1, 0.15) is 0 Å². The smallest absolute Gasteiger partial charge is 0.0920 e. The van der Waals surface area contributed by atoms with Gasteiger partial charge >= 0.3 is 37.9 Å². The summed E-state index contributed by atoms with van der Waals surface area (Å²) in [6.07, 6.45) is 1.07. The minimum absolute atomic E-state index is 0.533. The van der Waals surface area contributed by atoms with E-state index in [9.17, 15) is 0 Å². The molecule has 39 heavy (non-hydrogen) atoms. The van der Waals surface area contributed by atoms with Crippen LogP contribution in [-0.4, -0.2) is 9.52 Å². The molecule has 0 aromatic heterocycles. The van der Waals surface area contributed by atoms with E-state index in [1.807, 2.05) is 6.07 Å². The van der Waals surface area contributed by atoms with Crippen molar-refractivity contribution in [2.24, 2.45) is 0 Å². The first-order chi connectivity index (χ1) is 18.9. The maximum atomic E-state index is 4.93. The summed E-state index contributed by atoms with van der Waals surface area (Å²) in [7, 11) is 10.7. The van der Waals surface area contributed by atoms with Crippen LogP contribution in [0.15, 0.2) is 91.0 Å². The average molecular weight is 645 g/mol. The molecule has 5 aromatic carbocycles. The van der Waals surface area contributed by atoms with Gasteiger partial charge < -0.3 is 0 Å². The molecule has 0 unspecified atom stereocenters. The fourth-order valence-corrected chi connectivity index (χ4v) is 6.56. The van der Waals surface area contributed by atoms with Crippen molar-refractivity contribution in [2.75, 3.05) is 0 Å². The summed E-state index contributed by atoms with van der Waals surface area (Å²) in [5, 5.41) is 5.62. The van der Waals surface area contributed by atoms with E-state index < -0.39 is 20.8 Å². The molecule has 196 valence electrons. The Labute approximate surface area is 255 Å². The van der Waals surface area contributed by atoms with Crippen molar-refractivity contribution >= 4 is 47.7 Å². The molecule has 0 saturated heterocycles. The van der Waals surface area contributed by atoms with Crippen LogP contribution in [0, 0.1) is 6.07 Å². The average Bonchev–Trinajstić information content (AvgIpc) is 3.55. The van der Waals surface area contributed by atoms with Crippen LogP contribution in [0.3, 0.4) is 0 Å². The third-order valence-electron chi connectivity index (χ3n) is 7.23. The van der Waals surface area contributed by atoms with Gasteiger partial charge in [-0.05, 0) is 29.4 Å². The summed E-state index contributed by atoms with van der Waals surface area (Å²) < 4.78 is 0. The van der Waals surface area contributed by atoms with Crippen LogP contribution in [0.4, 0.5) is 0 Å². The van der Waals surface area contributed by atoms with Crippen molar-refractivity contribution in [3.8, 4) is 22.3 Å². The van der Waals surface area contributed by atoms with Crippen LogP contribution in [-0.2, 0) is 27.3 Å². The number of halogens is 2. The third-order valence-corrected chi connectivity index (χ3v) is 8.60. The van der Waals surface area contributed by atoms with Crippen molar-refractivity contribution in [1.29, 1.82) is 0 Å². The molecule has 0 saturated carbocycles. The quantitative estimate of drug-likeness (QED) is 0.132. The zero-order valence-corrected chi connectivity index (χ0v) is 28.2. The largest absolute Gasteiger partial charge is 0.184 e. The summed E-state index contributed by atoms with van der Waals surface area (Å²) in [4.78, 5) is 0. The van der Waals surface area contributed by atoms with Crippen molar-refractivity contribution < 1.29 is 20.8 Å². The van der Waals surface area contributed by atoms with E-state index in [0.717, 1.165) is 15.9 Å². The van der Waals surface area contributed by atoms with Gasteiger partial charge in [-0.25, -0.2) is 0 Å². The minimum atomic E-state index is -0.826. The number of hydrogen-bond acceptors (Lipinski definition) is 0. The van der Waals surface area contributed by atoms with Gasteiger partial charge in [0.25, 0.3) is 0 Å². The standard InChI is InChI=1S/C23H27.C12H7Si.2ClH.Zr/c1-6-17-11-12-18-13-19(15(2)3)14-22(18)23(17)21-10-8-7-9-20(21)16(4)5;1-3-7-11-9(5-1)10-6-2-4-8-12(10)13-11;;;/h7-16H,6H2,1-5H3;1-7H;2*1H;/q2*-1;;;+4/p-2. The summed E-state index contributed by atoms with van der Waals surface area (Å²) in [6.45, 7) is 11.4.